The highest BCUT2D eigenvalue weighted by Gasteiger charge is 2.46. The quantitative estimate of drug-likeness (QED) is 0.627. The van der Waals surface area contributed by atoms with Crippen molar-refractivity contribution in [3.63, 3.8) is 0 Å². The molecule has 0 aromatic carbocycles. The van der Waals surface area contributed by atoms with E-state index in [4.69, 9.17) is 5.26 Å². The third kappa shape index (κ3) is 1.62. The molecule has 1 rings (SSSR count). The Hall–Kier alpha value is -0.810. The van der Waals surface area contributed by atoms with Gasteiger partial charge in [0.25, 0.3) is 0 Å². The molecule has 0 spiro atoms. The molecule has 0 aromatic heterocycles. The molecule has 0 aromatic rings. The molecule has 0 bridgehead atoms. The summed E-state index contributed by atoms with van der Waals surface area (Å²) < 4.78 is 0. The summed E-state index contributed by atoms with van der Waals surface area (Å²) in [5, 5.41) is 19.2. The van der Waals surface area contributed by atoms with Crippen LogP contribution in [0.3, 0.4) is 0 Å². The number of nitrogens with zero attached hydrogens (tertiary/aromatic N) is 1. The van der Waals surface area contributed by atoms with Gasteiger partial charge in [0, 0.05) is 5.92 Å². The van der Waals surface area contributed by atoms with E-state index in [1.54, 1.807) is 13.0 Å². The molecule has 0 saturated heterocycles. The summed E-state index contributed by atoms with van der Waals surface area (Å²) in [6, 6.07) is 2.31. The van der Waals surface area contributed by atoms with Gasteiger partial charge in [0.05, 0.1) is 17.1 Å². The Morgan fingerprint density at radius 1 is 1.54 bits per heavy atom. The zero-order chi connectivity index (χ0) is 10.1. The largest absolute Gasteiger partial charge is 0.390 e. The van der Waals surface area contributed by atoms with E-state index in [1.165, 1.54) is 0 Å². The van der Waals surface area contributed by atoms with Crippen molar-refractivity contribution in [1.82, 2.24) is 0 Å². The SMILES string of the molecule is C=C[C@H]1[C@@](C)(O)CCC[C@]1(C)C#N. The average molecular weight is 179 g/mol. The molecule has 1 saturated carbocycles. The van der Waals surface area contributed by atoms with Gasteiger partial charge in [-0.1, -0.05) is 6.08 Å². The van der Waals surface area contributed by atoms with E-state index in [2.05, 4.69) is 12.6 Å². The molecule has 0 aliphatic heterocycles. The topological polar surface area (TPSA) is 44.0 Å². The van der Waals surface area contributed by atoms with Crippen LogP contribution in [-0.2, 0) is 0 Å². The van der Waals surface area contributed by atoms with Crippen molar-refractivity contribution in [3.05, 3.63) is 12.7 Å². The lowest BCUT2D eigenvalue weighted by molar-refractivity contribution is -0.0538. The highest BCUT2D eigenvalue weighted by atomic mass is 16.3. The summed E-state index contributed by atoms with van der Waals surface area (Å²) >= 11 is 0. The second-order valence-corrected chi connectivity index (χ2v) is 4.45. The molecule has 2 nitrogen and oxygen atoms in total. The molecule has 0 unspecified atom stereocenters. The Kier molecular flexibility index (Phi) is 2.49. The van der Waals surface area contributed by atoms with Gasteiger partial charge in [-0.05, 0) is 33.1 Å². The maximum absolute atomic E-state index is 10.1. The molecular weight excluding hydrogens is 162 g/mol. The normalized spacial score (nSPS) is 45.2. The maximum atomic E-state index is 10.1. The van der Waals surface area contributed by atoms with Crippen LogP contribution in [0.25, 0.3) is 0 Å². The molecule has 1 fully saturated rings. The first-order valence-corrected chi connectivity index (χ1v) is 4.72. The molecule has 0 radical (unpaired) electrons. The Bertz CT molecular complexity index is 251. The number of aliphatic hydroxyl groups is 1. The van der Waals surface area contributed by atoms with E-state index >= 15 is 0 Å². The first-order valence-electron chi connectivity index (χ1n) is 4.72. The van der Waals surface area contributed by atoms with E-state index in [-0.39, 0.29) is 5.92 Å². The molecule has 2 heteroatoms. The fraction of sp³-hybridized carbons (Fsp3) is 0.727. The van der Waals surface area contributed by atoms with Crippen LogP contribution in [0.1, 0.15) is 33.1 Å². The van der Waals surface area contributed by atoms with Crippen LogP contribution in [0.2, 0.25) is 0 Å². The van der Waals surface area contributed by atoms with E-state index in [0.29, 0.717) is 0 Å². The number of nitriles is 1. The summed E-state index contributed by atoms with van der Waals surface area (Å²) in [5.41, 5.74) is -1.20. The molecule has 72 valence electrons. The summed E-state index contributed by atoms with van der Waals surface area (Å²) in [5.74, 6) is -0.112. The second-order valence-electron chi connectivity index (χ2n) is 4.45. The van der Waals surface area contributed by atoms with Crippen molar-refractivity contribution in [2.75, 3.05) is 0 Å². The predicted octanol–water partition coefficient (Wildman–Crippen LogP) is 2.25. The standard InChI is InChI=1S/C11H17NO/c1-4-9-10(2,8-12)6-5-7-11(9,3)13/h4,9,13H,1,5-7H2,2-3H3/t9-,10-,11+/m1/s1. The van der Waals surface area contributed by atoms with Crippen molar-refractivity contribution in [3.8, 4) is 6.07 Å². The van der Waals surface area contributed by atoms with Crippen molar-refractivity contribution in [2.24, 2.45) is 11.3 Å². The third-order valence-electron chi connectivity index (χ3n) is 3.23. The second kappa shape index (κ2) is 3.16. The van der Waals surface area contributed by atoms with Crippen LogP contribution in [-0.4, -0.2) is 10.7 Å². The average Bonchev–Trinajstić information content (AvgIpc) is 2.03. The number of hydrogen-bond donors (Lipinski definition) is 1. The number of hydrogen-bond acceptors (Lipinski definition) is 2. The van der Waals surface area contributed by atoms with Gasteiger partial charge in [-0.3, -0.25) is 0 Å². The van der Waals surface area contributed by atoms with Crippen molar-refractivity contribution < 1.29 is 5.11 Å². The van der Waals surface area contributed by atoms with Gasteiger partial charge < -0.3 is 5.11 Å². The Labute approximate surface area is 79.9 Å². The van der Waals surface area contributed by atoms with Gasteiger partial charge in [0.2, 0.25) is 0 Å². The summed E-state index contributed by atoms with van der Waals surface area (Å²) in [4.78, 5) is 0. The predicted molar refractivity (Wildman–Crippen MR) is 51.9 cm³/mol. The van der Waals surface area contributed by atoms with E-state index in [0.717, 1.165) is 19.3 Å². The fourth-order valence-electron chi connectivity index (χ4n) is 2.45. The lowest BCUT2D eigenvalue weighted by Crippen LogP contribution is -2.46. The minimum Gasteiger partial charge on any atom is -0.390 e. The Morgan fingerprint density at radius 3 is 2.54 bits per heavy atom. The van der Waals surface area contributed by atoms with Gasteiger partial charge in [0.15, 0.2) is 0 Å². The zero-order valence-electron chi connectivity index (χ0n) is 8.38. The lowest BCUT2D eigenvalue weighted by atomic mass is 9.62. The van der Waals surface area contributed by atoms with Crippen LogP contribution in [0.15, 0.2) is 12.7 Å². The molecule has 3 atom stereocenters. The molecule has 13 heavy (non-hydrogen) atoms. The first kappa shape index (κ1) is 10.3. The van der Waals surface area contributed by atoms with Gasteiger partial charge in [-0.2, -0.15) is 5.26 Å². The third-order valence-corrected chi connectivity index (χ3v) is 3.23. The van der Waals surface area contributed by atoms with Crippen LogP contribution in [0.4, 0.5) is 0 Å². The molecule has 1 aliphatic rings. The molecular formula is C11H17NO. The van der Waals surface area contributed by atoms with E-state index in [9.17, 15) is 5.11 Å². The molecule has 1 N–H and O–H groups in total. The highest BCUT2D eigenvalue weighted by Crippen LogP contribution is 2.46. The highest BCUT2D eigenvalue weighted by molar-refractivity contribution is 5.13. The minimum absolute atomic E-state index is 0.112. The van der Waals surface area contributed by atoms with Gasteiger partial charge >= 0.3 is 0 Å². The van der Waals surface area contributed by atoms with Crippen molar-refractivity contribution in [1.29, 1.82) is 5.26 Å². The van der Waals surface area contributed by atoms with Crippen LogP contribution >= 0.6 is 0 Å². The molecule has 0 amide bonds. The van der Waals surface area contributed by atoms with Crippen LogP contribution < -0.4 is 0 Å². The van der Waals surface area contributed by atoms with Gasteiger partial charge in [-0.25, -0.2) is 0 Å². The summed E-state index contributed by atoms with van der Waals surface area (Å²) in [7, 11) is 0. The summed E-state index contributed by atoms with van der Waals surface area (Å²) in [6.45, 7) is 7.42. The van der Waals surface area contributed by atoms with Crippen LogP contribution in [0.5, 0.6) is 0 Å². The smallest absolute Gasteiger partial charge is 0.0697 e. The van der Waals surface area contributed by atoms with Gasteiger partial charge in [0.1, 0.15) is 0 Å². The molecule has 1 aliphatic carbocycles. The van der Waals surface area contributed by atoms with Crippen LogP contribution in [0, 0.1) is 22.7 Å². The summed E-state index contributed by atoms with van der Waals surface area (Å²) in [6.07, 6.45) is 4.26. The molecule has 0 heterocycles. The van der Waals surface area contributed by atoms with Gasteiger partial charge in [-0.15, -0.1) is 6.58 Å². The first-order chi connectivity index (χ1) is 5.96. The van der Waals surface area contributed by atoms with E-state index < -0.39 is 11.0 Å². The number of rotatable bonds is 1. The lowest BCUT2D eigenvalue weighted by Gasteiger charge is -2.44. The minimum atomic E-state index is -0.759. The maximum Gasteiger partial charge on any atom is 0.0697 e. The Balaban J connectivity index is 3.01. The van der Waals surface area contributed by atoms with E-state index in [1.807, 2.05) is 6.92 Å². The van der Waals surface area contributed by atoms with Crippen molar-refractivity contribution >= 4 is 0 Å². The zero-order valence-corrected chi connectivity index (χ0v) is 8.38. The monoisotopic (exact) mass is 179 g/mol. The fourth-order valence-corrected chi connectivity index (χ4v) is 2.45. The Morgan fingerprint density at radius 2 is 2.15 bits per heavy atom. The van der Waals surface area contributed by atoms with Crippen molar-refractivity contribution in [2.45, 2.75) is 38.7 Å².